The van der Waals surface area contributed by atoms with Crippen LogP contribution in [0, 0.1) is 19.8 Å². The van der Waals surface area contributed by atoms with E-state index in [1.165, 1.54) is 0 Å². The highest BCUT2D eigenvalue weighted by atomic mass is 32.2. The molecule has 1 heterocycles. The van der Waals surface area contributed by atoms with Gasteiger partial charge in [0.05, 0.1) is 11.4 Å². The highest BCUT2D eigenvalue weighted by molar-refractivity contribution is 7.89. The summed E-state index contributed by atoms with van der Waals surface area (Å²) in [5.74, 6) is 0.502. The minimum absolute atomic E-state index is 0.0130. The number of aryl methyl sites for hydroxylation is 2. The molecule has 1 aliphatic carbocycles. The van der Waals surface area contributed by atoms with Crippen molar-refractivity contribution in [3.8, 4) is 0 Å². The molecule has 0 saturated heterocycles. The number of nitrogens with one attached hydrogen (secondary N) is 1. The van der Waals surface area contributed by atoms with Crippen LogP contribution in [0.15, 0.2) is 4.90 Å². The van der Waals surface area contributed by atoms with Gasteiger partial charge in [0.25, 0.3) is 0 Å². The van der Waals surface area contributed by atoms with E-state index in [9.17, 15) is 8.42 Å². The smallest absolute Gasteiger partial charge is 0.244 e. The summed E-state index contributed by atoms with van der Waals surface area (Å²) in [5.41, 5.74) is 1.23. The molecule has 0 bridgehead atoms. The van der Waals surface area contributed by atoms with Crippen molar-refractivity contribution in [3.63, 3.8) is 0 Å². The van der Waals surface area contributed by atoms with Crippen LogP contribution in [0.5, 0.6) is 0 Å². The second-order valence-electron chi connectivity index (χ2n) is 4.87. The summed E-state index contributed by atoms with van der Waals surface area (Å²) in [4.78, 5) is 0.326. The van der Waals surface area contributed by atoms with Gasteiger partial charge in [0.1, 0.15) is 4.90 Å². The third kappa shape index (κ3) is 2.37. The van der Waals surface area contributed by atoms with E-state index in [1.807, 2.05) is 6.92 Å². The zero-order chi connectivity index (χ0) is 12.8. The molecule has 1 aromatic rings. The summed E-state index contributed by atoms with van der Waals surface area (Å²) in [6, 6.07) is 0.0130. The molecule has 1 saturated carbocycles. The lowest BCUT2D eigenvalue weighted by molar-refractivity contribution is 0.537. The molecule has 0 amide bonds. The van der Waals surface area contributed by atoms with E-state index in [4.69, 9.17) is 0 Å². The summed E-state index contributed by atoms with van der Waals surface area (Å²) in [5, 5.41) is 4.14. The standard InChI is InChI=1S/C11H19N3O2S/c1-7(10-5-6-10)13-17(15,16)11-8(2)12-14(4)9(11)3/h7,10,13H,5-6H2,1-4H3/t7-/m0/s1. The van der Waals surface area contributed by atoms with E-state index in [0.717, 1.165) is 12.8 Å². The molecule has 96 valence electrons. The lowest BCUT2D eigenvalue weighted by atomic mass is 10.2. The average molecular weight is 257 g/mol. The molecule has 5 nitrogen and oxygen atoms in total. The van der Waals surface area contributed by atoms with Gasteiger partial charge < -0.3 is 0 Å². The molecular formula is C11H19N3O2S. The van der Waals surface area contributed by atoms with Crippen LogP contribution in [-0.4, -0.2) is 24.2 Å². The number of aromatic nitrogens is 2. The first-order valence-corrected chi connectivity index (χ1v) is 7.34. The first-order chi connectivity index (χ1) is 7.83. The van der Waals surface area contributed by atoms with Gasteiger partial charge in [-0.25, -0.2) is 13.1 Å². The van der Waals surface area contributed by atoms with Gasteiger partial charge in [-0.2, -0.15) is 5.10 Å². The van der Waals surface area contributed by atoms with Crippen molar-refractivity contribution >= 4 is 10.0 Å². The summed E-state index contributed by atoms with van der Waals surface area (Å²) >= 11 is 0. The molecule has 0 aliphatic heterocycles. The highest BCUT2D eigenvalue weighted by Gasteiger charge is 2.33. The number of hydrogen-bond acceptors (Lipinski definition) is 3. The van der Waals surface area contributed by atoms with E-state index >= 15 is 0 Å². The zero-order valence-corrected chi connectivity index (χ0v) is 11.5. The molecule has 1 atom stereocenters. The molecule has 0 unspecified atom stereocenters. The van der Waals surface area contributed by atoms with Crippen LogP contribution in [0.4, 0.5) is 0 Å². The Bertz CT molecular complexity index is 529. The van der Waals surface area contributed by atoms with Crippen molar-refractivity contribution in [2.45, 2.75) is 44.6 Å². The Balaban J connectivity index is 2.30. The van der Waals surface area contributed by atoms with Gasteiger partial charge in [0, 0.05) is 13.1 Å². The fourth-order valence-electron chi connectivity index (χ4n) is 2.14. The number of sulfonamides is 1. The lowest BCUT2D eigenvalue weighted by Gasteiger charge is -2.13. The fraction of sp³-hybridized carbons (Fsp3) is 0.727. The molecule has 6 heteroatoms. The Hall–Kier alpha value is -0.880. The summed E-state index contributed by atoms with van der Waals surface area (Å²) < 4.78 is 28.9. The van der Waals surface area contributed by atoms with E-state index in [1.54, 1.807) is 25.6 Å². The molecule has 1 N–H and O–H groups in total. The van der Waals surface area contributed by atoms with Crippen molar-refractivity contribution in [1.82, 2.24) is 14.5 Å². The SMILES string of the molecule is Cc1nn(C)c(C)c1S(=O)(=O)N[C@@H](C)C1CC1. The van der Waals surface area contributed by atoms with E-state index in [0.29, 0.717) is 22.2 Å². The Morgan fingerprint density at radius 3 is 2.41 bits per heavy atom. The molecule has 2 rings (SSSR count). The van der Waals surface area contributed by atoms with Gasteiger partial charge in [0.15, 0.2) is 0 Å². The van der Waals surface area contributed by atoms with Crippen molar-refractivity contribution in [3.05, 3.63) is 11.4 Å². The van der Waals surface area contributed by atoms with Crippen molar-refractivity contribution < 1.29 is 8.42 Å². The van der Waals surface area contributed by atoms with Crippen LogP contribution >= 0.6 is 0 Å². The second-order valence-corrected chi connectivity index (χ2v) is 6.52. The highest BCUT2D eigenvalue weighted by Crippen LogP contribution is 2.33. The largest absolute Gasteiger partial charge is 0.271 e. The number of hydrogen-bond donors (Lipinski definition) is 1. The van der Waals surface area contributed by atoms with E-state index < -0.39 is 10.0 Å². The minimum Gasteiger partial charge on any atom is -0.271 e. The summed E-state index contributed by atoms with van der Waals surface area (Å²) in [7, 11) is -1.68. The van der Waals surface area contributed by atoms with Crippen LogP contribution in [0.25, 0.3) is 0 Å². The molecule has 1 aliphatic rings. The molecule has 0 radical (unpaired) electrons. The summed E-state index contributed by atoms with van der Waals surface area (Å²) in [6.07, 6.45) is 2.24. The van der Waals surface area contributed by atoms with Crippen molar-refractivity contribution in [2.24, 2.45) is 13.0 Å². The monoisotopic (exact) mass is 257 g/mol. The topological polar surface area (TPSA) is 64.0 Å². The van der Waals surface area contributed by atoms with Gasteiger partial charge in [0.2, 0.25) is 10.0 Å². The van der Waals surface area contributed by atoms with E-state index in [2.05, 4.69) is 9.82 Å². The molecule has 17 heavy (non-hydrogen) atoms. The number of nitrogens with zero attached hydrogens (tertiary/aromatic N) is 2. The fourth-order valence-corrected chi connectivity index (χ4v) is 3.89. The van der Waals surface area contributed by atoms with Gasteiger partial charge in [-0.15, -0.1) is 0 Å². The van der Waals surface area contributed by atoms with E-state index in [-0.39, 0.29) is 6.04 Å². The Morgan fingerprint density at radius 2 is 2.00 bits per heavy atom. The Labute approximate surface area is 102 Å². The minimum atomic E-state index is -3.44. The first kappa shape index (κ1) is 12.6. The predicted octanol–water partition coefficient (Wildman–Crippen LogP) is 1.11. The Kier molecular flexibility index (Phi) is 3.03. The quantitative estimate of drug-likeness (QED) is 0.879. The molecule has 0 spiro atoms. The predicted molar refractivity (Wildman–Crippen MR) is 65.2 cm³/mol. The van der Waals surface area contributed by atoms with Crippen LogP contribution < -0.4 is 4.72 Å². The van der Waals surface area contributed by atoms with Gasteiger partial charge in [-0.3, -0.25) is 4.68 Å². The normalized spacial score (nSPS) is 18.4. The van der Waals surface area contributed by atoms with Gasteiger partial charge in [-0.1, -0.05) is 0 Å². The van der Waals surface area contributed by atoms with Crippen molar-refractivity contribution in [2.75, 3.05) is 0 Å². The third-order valence-corrected chi connectivity index (χ3v) is 5.19. The lowest BCUT2D eigenvalue weighted by Crippen LogP contribution is -2.34. The van der Waals surface area contributed by atoms with Crippen LogP contribution in [-0.2, 0) is 17.1 Å². The van der Waals surface area contributed by atoms with Gasteiger partial charge in [-0.05, 0) is 39.5 Å². The maximum Gasteiger partial charge on any atom is 0.244 e. The average Bonchev–Trinajstić information content (AvgIpc) is 2.95. The zero-order valence-electron chi connectivity index (χ0n) is 10.7. The van der Waals surface area contributed by atoms with Crippen molar-refractivity contribution in [1.29, 1.82) is 0 Å². The maximum atomic E-state index is 12.3. The second kappa shape index (κ2) is 4.10. The molecule has 1 fully saturated rings. The van der Waals surface area contributed by atoms with Gasteiger partial charge >= 0.3 is 0 Å². The molecule has 1 aromatic heterocycles. The third-order valence-electron chi connectivity index (χ3n) is 3.38. The number of rotatable bonds is 4. The van der Waals surface area contributed by atoms with Crippen LogP contribution in [0.2, 0.25) is 0 Å². The molecule has 0 aromatic carbocycles. The van der Waals surface area contributed by atoms with Crippen LogP contribution in [0.3, 0.4) is 0 Å². The van der Waals surface area contributed by atoms with Crippen LogP contribution in [0.1, 0.15) is 31.2 Å². The molecular weight excluding hydrogens is 238 g/mol. The first-order valence-electron chi connectivity index (χ1n) is 5.85. The maximum absolute atomic E-state index is 12.3. The Morgan fingerprint density at radius 1 is 1.41 bits per heavy atom. The summed E-state index contributed by atoms with van der Waals surface area (Å²) in [6.45, 7) is 5.43.